The first-order chi connectivity index (χ1) is 14.3. The predicted molar refractivity (Wildman–Crippen MR) is 117 cm³/mol. The van der Waals surface area contributed by atoms with Crippen molar-refractivity contribution >= 4 is 34.8 Å². The Morgan fingerprint density at radius 2 is 1.83 bits per heavy atom. The molecule has 1 aromatic heterocycles. The van der Waals surface area contributed by atoms with E-state index in [2.05, 4.69) is 33.9 Å². The van der Waals surface area contributed by atoms with Crippen LogP contribution < -0.4 is 10.7 Å². The maximum Gasteiger partial charge on any atom is 0.139 e. The Balaban J connectivity index is 1.47. The first-order valence-corrected chi connectivity index (χ1v) is 9.64. The summed E-state index contributed by atoms with van der Waals surface area (Å²) in [6.45, 7) is 0.830. The van der Waals surface area contributed by atoms with Crippen molar-refractivity contribution in [3.63, 3.8) is 0 Å². The number of aromatic nitrogens is 1. The van der Waals surface area contributed by atoms with E-state index in [0.717, 1.165) is 45.2 Å². The number of hydrogen-bond acceptors (Lipinski definition) is 6. The van der Waals surface area contributed by atoms with Gasteiger partial charge in [0.1, 0.15) is 12.2 Å². The summed E-state index contributed by atoms with van der Waals surface area (Å²) in [6, 6.07) is 20.3. The molecule has 0 saturated heterocycles. The zero-order chi connectivity index (χ0) is 19.6. The lowest BCUT2D eigenvalue weighted by Crippen LogP contribution is -2.32. The van der Waals surface area contributed by atoms with Crippen LogP contribution in [0, 0.1) is 0 Å². The van der Waals surface area contributed by atoms with Gasteiger partial charge in [0.2, 0.25) is 0 Å². The van der Waals surface area contributed by atoms with Gasteiger partial charge in [-0.25, -0.2) is 9.98 Å². The van der Waals surface area contributed by atoms with Crippen LogP contribution in [0.15, 0.2) is 71.9 Å². The molecule has 6 heteroatoms. The number of anilines is 3. The lowest BCUT2D eigenvalue weighted by molar-refractivity contribution is 0.299. The summed E-state index contributed by atoms with van der Waals surface area (Å²) in [5, 5.41) is 14.5. The molecular weight excluding hydrogens is 362 g/mol. The van der Waals surface area contributed by atoms with Crippen molar-refractivity contribution < 1.29 is 5.11 Å². The lowest BCUT2D eigenvalue weighted by atomic mass is 9.99. The van der Waals surface area contributed by atoms with E-state index in [1.54, 1.807) is 6.20 Å². The van der Waals surface area contributed by atoms with Crippen molar-refractivity contribution in [1.82, 2.24) is 9.99 Å². The molecule has 144 valence electrons. The van der Waals surface area contributed by atoms with Crippen LogP contribution in [0.25, 0.3) is 11.3 Å². The smallest absolute Gasteiger partial charge is 0.139 e. The van der Waals surface area contributed by atoms with E-state index in [0.29, 0.717) is 13.0 Å². The van der Waals surface area contributed by atoms with Gasteiger partial charge in [-0.15, -0.1) is 0 Å². The summed E-state index contributed by atoms with van der Waals surface area (Å²) in [6.07, 6.45) is 4.28. The van der Waals surface area contributed by atoms with Crippen molar-refractivity contribution in [1.29, 1.82) is 0 Å². The third kappa shape index (κ3) is 3.34. The topological polar surface area (TPSA) is 72.8 Å². The molecule has 2 aliphatic heterocycles. The number of pyridine rings is 1. The van der Waals surface area contributed by atoms with E-state index in [9.17, 15) is 0 Å². The number of aliphatic hydroxyl groups is 1. The fourth-order valence-corrected chi connectivity index (χ4v) is 3.72. The molecule has 0 saturated carbocycles. The number of hydrogen-bond donors (Lipinski definition) is 3. The second-order valence-electron chi connectivity index (χ2n) is 7.05. The average molecular weight is 383 g/mol. The van der Waals surface area contributed by atoms with Crippen molar-refractivity contribution in [2.75, 3.05) is 23.9 Å². The highest BCUT2D eigenvalue weighted by Crippen LogP contribution is 2.40. The van der Waals surface area contributed by atoms with Gasteiger partial charge in [-0.3, -0.25) is 10.4 Å². The fourth-order valence-electron chi connectivity index (χ4n) is 3.72. The lowest BCUT2D eigenvalue weighted by Gasteiger charge is -2.27. The molecule has 2 aliphatic rings. The molecule has 0 radical (unpaired) electrons. The van der Waals surface area contributed by atoms with E-state index in [1.807, 2.05) is 53.8 Å². The fraction of sp³-hybridized carbons (Fsp3) is 0.130. The predicted octanol–water partition coefficient (Wildman–Crippen LogP) is 3.91. The molecule has 5 rings (SSSR count). The molecule has 0 fully saturated rings. The number of aliphatic imine (C=N–C) groups is 1. The maximum atomic E-state index is 9.08. The van der Waals surface area contributed by atoms with E-state index >= 15 is 0 Å². The Bertz CT molecular complexity index is 1100. The number of benzene rings is 2. The maximum absolute atomic E-state index is 9.08. The SMILES string of the molecule is OCCc1ccc(NN2C=NC3=C(C2)c2ccccc2Nc2ncccc23)cc1. The molecule has 0 bridgehead atoms. The van der Waals surface area contributed by atoms with Gasteiger partial charge in [0.05, 0.1) is 17.9 Å². The number of fused-ring (bicyclic) bond motifs is 4. The molecule has 3 heterocycles. The highest BCUT2D eigenvalue weighted by Gasteiger charge is 2.25. The molecule has 0 spiro atoms. The minimum Gasteiger partial charge on any atom is -0.396 e. The number of aliphatic hydroxyl groups excluding tert-OH is 1. The third-order valence-corrected chi connectivity index (χ3v) is 5.14. The van der Waals surface area contributed by atoms with Gasteiger partial charge in [0, 0.05) is 35.2 Å². The van der Waals surface area contributed by atoms with Crippen LogP contribution >= 0.6 is 0 Å². The quantitative estimate of drug-likeness (QED) is 0.637. The number of nitrogens with zero attached hydrogens (tertiary/aromatic N) is 3. The Morgan fingerprint density at radius 1 is 1.00 bits per heavy atom. The van der Waals surface area contributed by atoms with Crippen LogP contribution in [0.4, 0.5) is 17.2 Å². The van der Waals surface area contributed by atoms with Gasteiger partial charge >= 0.3 is 0 Å². The molecule has 2 aromatic carbocycles. The Morgan fingerprint density at radius 3 is 2.69 bits per heavy atom. The molecular formula is C23H21N5O. The molecule has 29 heavy (non-hydrogen) atoms. The first-order valence-electron chi connectivity index (χ1n) is 9.64. The summed E-state index contributed by atoms with van der Waals surface area (Å²) >= 11 is 0. The van der Waals surface area contributed by atoms with Gasteiger partial charge in [-0.1, -0.05) is 30.3 Å². The van der Waals surface area contributed by atoms with Crippen LogP contribution in [0.3, 0.4) is 0 Å². The van der Waals surface area contributed by atoms with Gasteiger partial charge in [-0.05, 0) is 42.3 Å². The Labute approximate surface area is 169 Å². The Hall–Kier alpha value is -3.64. The van der Waals surface area contributed by atoms with E-state index < -0.39 is 0 Å². The Kier molecular flexibility index (Phi) is 4.46. The molecule has 0 aliphatic carbocycles. The number of hydrazine groups is 1. The van der Waals surface area contributed by atoms with Crippen LogP contribution in [0.1, 0.15) is 16.7 Å². The highest BCUT2D eigenvalue weighted by atomic mass is 16.2. The van der Waals surface area contributed by atoms with E-state index in [4.69, 9.17) is 10.1 Å². The monoisotopic (exact) mass is 383 g/mol. The van der Waals surface area contributed by atoms with Crippen molar-refractivity contribution in [3.05, 3.63) is 83.6 Å². The van der Waals surface area contributed by atoms with Gasteiger partial charge in [-0.2, -0.15) is 0 Å². The standard InChI is InChI=1S/C23H21N5O/c29-13-11-16-7-9-17(10-8-16)27-28-14-20-18-4-1-2-6-21(18)26-23-19(5-3-12-24-23)22(20)25-15-28/h1-10,12,15,27,29H,11,13-14H2,(H,24,26). The summed E-state index contributed by atoms with van der Waals surface area (Å²) in [5.41, 5.74) is 10.8. The van der Waals surface area contributed by atoms with Crippen LogP contribution in [-0.4, -0.2) is 34.6 Å². The molecule has 6 nitrogen and oxygen atoms in total. The van der Waals surface area contributed by atoms with Gasteiger partial charge < -0.3 is 10.4 Å². The number of nitrogens with one attached hydrogen (secondary N) is 2. The summed E-state index contributed by atoms with van der Waals surface area (Å²) in [4.78, 5) is 9.29. The number of para-hydroxylation sites is 1. The normalized spacial score (nSPS) is 14.4. The van der Waals surface area contributed by atoms with Crippen molar-refractivity contribution in [2.45, 2.75) is 6.42 Å². The van der Waals surface area contributed by atoms with Crippen LogP contribution in [-0.2, 0) is 6.42 Å². The molecule has 3 N–H and O–H groups in total. The molecule has 0 unspecified atom stereocenters. The average Bonchev–Trinajstić information content (AvgIpc) is 2.90. The zero-order valence-corrected chi connectivity index (χ0v) is 15.8. The van der Waals surface area contributed by atoms with Crippen molar-refractivity contribution in [3.8, 4) is 0 Å². The van der Waals surface area contributed by atoms with Crippen LogP contribution in [0.5, 0.6) is 0 Å². The minimum absolute atomic E-state index is 0.159. The van der Waals surface area contributed by atoms with Gasteiger partial charge in [0.25, 0.3) is 0 Å². The molecule has 0 atom stereocenters. The third-order valence-electron chi connectivity index (χ3n) is 5.14. The van der Waals surface area contributed by atoms with E-state index in [-0.39, 0.29) is 6.61 Å². The zero-order valence-electron chi connectivity index (χ0n) is 15.8. The summed E-state index contributed by atoms with van der Waals surface area (Å²) in [5.74, 6) is 0.822. The first kappa shape index (κ1) is 17.5. The van der Waals surface area contributed by atoms with Crippen molar-refractivity contribution in [2.24, 2.45) is 4.99 Å². The minimum atomic E-state index is 0.159. The largest absolute Gasteiger partial charge is 0.396 e. The number of rotatable bonds is 4. The highest BCUT2D eigenvalue weighted by molar-refractivity contribution is 6.03. The second-order valence-corrected chi connectivity index (χ2v) is 7.05. The molecule has 3 aromatic rings. The summed E-state index contributed by atoms with van der Waals surface area (Å²) < 4.78 is 0. The second kappa shape index (κ2) is 7.41. The van der Waals surface area contributed by atoms with Gasteiger partial charge in [0.15, 0.2) is 0 Å². The van der Waals surface area contributed by atoms with Crippen LogP contribution in [0.2, 0.25) is 0 Å². The molecule has 0 amide bonds. The van der Waals surface area contributed by atoms with E-state index in [1.165, 1.54) is 0 Å². The summed E-state index contributed by atoms with van der Waals surface area (Å²) in [7, 11) is 0.